The fourth-order valence-corrected chi connectivity index (χ4v) is 4.42. The fourth-order valence-electron chi connectivity index (χ4n) is 1.69. The van der Waals surface area contributed by atoms with Crippen LogP contribution in [0, 0.1) is 0 Å². The Bertz CT molecular complexity index is 676. The third kappa shape index (κ3) is 6.26. The molecule has 1 N–H and O–H groups in total. The molecule has 2 aromatic rings. The Balaban J connectivity index is 1.77. The molecule has 0 saturated heterocycles. The van der Waals surface area contributed by atoms with Crippen LogP contribution in [0.5, 0.6) is 0 Å². The van der Waals surface area contributed by atoms with Crippen molar-refractivity contribution in [2.24, 2.45) is 0 Å². The molecule has 0 unspecified atom stereocenters. The van der Waals surface area contributed by atoms with Crippen LogP contribution in [0.3, 0.4) is 0 Å². The average Bonchev–Trinajstić information content (AvgIpc) is 3.06. The van der Waals surface area contributed by atoms with E-state index in [0.717, 1.165) is 15.1 Å². The van der Waals surface area contributed by atoms with Gasteiger partial charge in [-0.3, -0.25) is 9.59 Å². The number of amides is 1. The number of nitrogens with one attached hydrogen (secondary N) is 1. The molecule has 0 aliphatic carbocycles. The van der Waals surface area contributed by atoms with Crippen molar-refractivity contribution in [3.63, 3.8) is 0 Å². The highest BCUT2D eigenvalue weighted by Gasteiger charge is 2.12. The van der Waals surface area contributed by atoms with Gasteiger partial charge in [-0.2, -0.15) is 0 Å². The quantitative estimate of drug-likeness (QED) is 0.529. The summed E-state index contributed by atoms with van der Waals surface area (Å²) in [4.78, 5) is 23.8. The second kappa shape index (κ2) is 9.80. The number of nitrogens with zero attached hydrogens (tertiary/aromatic N) is 2. The fraction of sp³-hybridized carbons (Fsp3) is 0.375. The van der Waals surface area contributed by atoms with Gasteiger partial charge in [0.1, 0.15) is 0 Å². The van der Waals surface area contributed by atoms with E-state index in [1.807, 2.05) is 32.0 Å². The number of Topliss-reactive ketones (excluding diaryl/α,β-unsaturated/α-hetero) is 1. The lowest BCUT2D eigenvalue weighted by Gasteiger charge is -2.09. The summed E-state index contributed by atoms with van der Waals surface area (Å²) in [6.45, 7) is 4.01. The predicted molar refractivity (Wildman–Crippen MR) is 100 cm³/mol. The Morgan fingerprint density at radius 1 is 1.12 bits per heavy atom. The highest BCUT2D eigenvalue weighted by molar-refractivity contribution is 8.03. The van der Waals surface area contributed by atoms with Crippen LogP contribution >= 0.6 is 34.9 Å². The number of hydrogen-bond acceptors (Lipinski definition) is 7. The van der Waals surface area contributed by atoms with Gasteiger partial charge >= 0.3 is 0 Å². The molecule has 1 heterocycles. The molecule has 0 saturated carbocycles. The number of thioether (sulfide) groups is 2. The average molecular weight is 382 g/mol. The van der Waals surface area contributed by atoms with Crippen LogP contribution in [-0.4, -0.2) is 39.4 Å². The molecule has 128 valence electrons. The van der Waals surface area contributed by atoms with E-state index in [9.17, 15) is 9.59 Å². The zero-order chi connectivity index (χ0) is 17.4. The zero-order valence-corrected chi connectivity index (χ0v) is 16.0. The summed E-state index contributed by atoms with van der Waals surface area (Å²) >= 11 is 4.15. The van der Waals surface area contributed by atoms with E-state index in [2.05, 4.69) is 15.5 Å². The van der Waals surface area contributed by atoms with Gasteiger partial charge in [-0.1, -0.05) is 72.1 Å². The van der Waals surface area contributed by atoms with Crippen molar-refractivity contribution >= 4 is 46.6 Å². The van der Waals surface area contributed by atoms with Gasteiger partial charge in [0, 0.05) is 11.6 Å². The third-order valence-electron chi connectivity index (χ3n) is 3.16. The van der Waals surface area contributed by atoms with Gasteiger partial charge in [0.2, 0.25) is 5.91 Å². The van der Waals surface area contributed by atoms with Crippen molar-refractivity contribution in [3.8, 4) is 0 Å². The minimum absolute atomic E-state index is 0.00184. The number of carbonyl (C=O) groups excluding carboxylic acids is 2. The van der Waals surface area contributed by atoms with Gasteiger partial charge in [0.15, 0.2) is 14.5 Å². The van der Waals surface area contributed by atoms with Gasteiger partial charge in [-0.15, -0.1) is 10.2 Å². The number of aromatic nitrogens is 2. The van der Waals surface area contributed by atoms with Crippen LogP contribution in [0.25, 0.3) is 0 Å². The summed E-state index contributed by atoms with van der Waals surface area (Å²) in [6.07, 6.45) is 0.908. The Kier molecular flexibility index (Phi) is 7.74. The van der Waals surface area contributed by atoms with Crippen molar-refractivity contribution in [2.75, 3.05) is 11.5 Å². The molecule has 1 amide bonds. The van der Waals surface area contributed by atoms with Crippen molar-refractivity contribution in [2.45, 2.75) is 35.0 Å². The molecule has 2 rings (SSSR count). The molecular weight excluding hydrogens is 362 g/mol. The van der Waals surface area contributed by atoms with Crippen LogP contribution in [0.1, 0.15) is 30.6 Å². The number of benzene rings is 1. The maximum atomic E-state index is 12.0. The molecule has 24 heavy (non-hydrogen) atoms. The lowest BCUT2D eigenvalue weighted by atomic mass is 10.2. The van der Waals surface area contributed by atoms with Gasteiger partial charge in [-0.25, -0.2) is 0 Å². The first-order valence-electron chi connectivity index (χ1n) is 7.55. The van der Waals surface area contributed by atoms with E-state index in [4.69, 9.17) is 0 Å². The first-order chi connectivity index (χ1) is 11.6. The van der Waals surface area contributed by atoms with Crippen molar-refractivity contribution in [1.82, 2.24) is 15.5 Å². The Hall–Kier alpha value is -1.38. The second-order valence-electron chi connectivity index (χ2n) is 5.08. The summed E-state index contributed by atoms with van der Waals surface area (Å²) < 4.78 is 1.48. The highest BCUT2D eigenvalue weighted by Crippen LogP contribution is 2.29. The van der Waals surface area contributed by atoms with Gasteiger partial charge in [0.25, 0.3) is 0 Å². The Morgan fingerprint density at radius 2 is 1.75 bits per heavy atom. The third-order valence-corrected chi connectivity index (χ3v) is 6.35. The highest BCUT2D eigenvalue weighted by atomic mass is 32.2. The van der Waals surface area contributed by atoms with E-state index in [1.165, 1.54) is 34.9 Å². The SMILES string of the molecule is CC[C@H](C)NC(=O)CSc1nnc(SCC(=O)c2ccccc2)s1. The van der Waals surface area contributed by atoms with Crippen LogP contribution in [0.2, 0.25) is 0 Å². The molecule has 0 spiro atoms. The van der Waals surface area contributed by atoms with Gasteiger partial charge in [-0.05, 0) is 13.3 Å². The van der Waals surface area contributed by atoms with E-state index in [1.54, 1.807) is 12.1 Å². The number of carbonyl (C=O) groups is 2. The summed E-state index contributed by atoms with van der Waals surface area (Å²) in [5.74, 6) is 0.723. The van der Waals surface area contributed by atoms with Gasteiger partial charge in [0.05, 0.1) is 11.5 Å². The molecule has 8 heteroatoms. The largest absolute Gasteiger partial charge is 0.353 e. The van der Waals surface area contributed by atoms with E-state index in [0.29, 0.717) is 17.1 Å². The summed E-state index contributed by atoms with van der Waals surface area (Å²) in [6, 6.07) is 9.38. The summed E-state index contributed by atoms with van der Waals surface area (Å²) in [5, 5.41) is 11.0. The first-order valence-corrected chi connectivity index (χ1v) is 10.3. The summed E-state index contributed by atoms with van der Waals surface area (Å²) in [5.41, 5.74) is 0.700. The van der Waals surface area contributed by atoms with Crippen LogP contribution in [0.4, 0.5) is 0 Å². The molecule has 0 aliphatic rings. The smallest absolute Gasteiger partial charge is 0.230 e. The minimum atomic E-state index is -0.00184. The number of rotatable bonds is 9. The zero-order valence-electron chi connectivity index (χ0n) is 13.5. The van der Waals surface area contributed by atoms with Crippen molar-refractivity contribution < 1.29 is 9.59 Å². The van der Waals surface area contributed by atoms with Crippen LogP contribution in [0.15, 0.2) is 39.0 Å². The molecule has 0 fully saturated rings. The molecule has 1 aromatic carbocycles. The second-order valence-corrected chi connectivity index (χ2v) is 8.50. The normalized spacial score (nSPS) is 11.9. The molecule has 5 nitrogen and oxygen atoms in total. The minimum Gasteiger partial charge on any atom is -0.353 e. The van der Waals surface area contributed by atoms with Gasteiger partial charge < -0.3 is 5.32 Å². The number of ketones is 1. The number of hydrogen-bond donors (Lipinski definition) is 1. The lowest BCUT2D eigenvalue weighted by Crippen LogP contribution is -2.33. The molecule has 0 aliphatic heterocycles. The topological polar surface area (TPSA) is 72.0 Å². The predicted octanol–water partition coefficient (Wildman–Crippen LogP) is 3.52. The summed E-state index contributed by atoms with van der Waals surface area (Å²) in [7, 11) is 0. The molecule has 1 aromatic heterocycles. The molecule has 1 atom stereocenters. The standard InChI is InChI=1S/C16H19N3O2S3/c1-3-11(2)17-14(21)10-23-16-19-18-15(24-16)22-9-13(20)12-7-5-4-6-8-12/h4-8,11H,3,9-10H2,1-2H3,(H,17,21)/t11-/m0/s1. The maximum absolute atomic E-state index is 12.0. The van der Waals surface area contributed by atoms with Crippen molar-refractivity contribution in [1.29, 1.82) is 0 Å². The Labute approximate surface area is 154 Å². The monoisotopic (exact) mass is 381 g/mol. The molecule has 0 bridgehead atoms. The molecule has 0 radical (unpaired) electrons. The van der Waals surface area contributed by atoms with E-state index in [-0.39, 0.29) is 17.7 Å². The van der Waals surface area contributed by atoms with Crippen molar-refractivity contribution in [3.05, 3.63) is 35.9 Å². The Morgan fingerprint density at radius 3 is 2.38 bits per heavy atom. The lowest BCUT2D eigenvalue weighted by molar-refractivity contribution is -0.119. The molecular formula is C16H19N3O2S3. The first kappa shape index (κ1) is 19.0. The van der Waals surface area contributed by atoms with Crippen LogP contribution in [-0.2, 0) is 4.79 Å². The maximum Gasteiger partial charge on any atom is 0.230 e. The van der Waals surface area contributed by atoms with E-state index < -0.39 is 0 Å². The van der Waals surface area contributed by atoms with E-state index >= 15 is 0 Å². The van der Waals surface area contributed by atoms with Crippen LogP contribution < -0.4 is 5.32 Å².